The smallest absolute Gasteiger partial charge is 0.240 e. The van der Waals surface area contributed by atoms with Crippen molar-refractivity contribution in [2.45, 2.75) is 57.5 Å². The van der Waals surface area contributed by atoms with E-state index in [0.717, 1.165) is 18.5 Å². The second kappa shape index (κ2) is 6.46. The molecule has 1 saturated carbocycles. The molecule has 1 aromatic rings. The fourth-order valence-corrected chi connectivity index (χ4v) is 3.12. The molecular formula is C16H26N2O2S. The molecule has 0 aliphatic heterocycles. The molecule has 0 spiro atoms. The summed E-state index contributed by atoms with van der Waals surface area (Å²) in [5, 5.41) is 3.40. The summed E-state index contributed by atoms with van der Waals surface area (Å²) in [6.07, 6.45) is 3.27. The van der Waals surface area contributed by atoms with Gasteiger partial charge in [-0.2, -0.15) is 0 Å². The van der Waals surface area contributed by atoms with Gasteiger partial charge < -0.3 is 5.32 Å². The van der Waals surface area contributed by atoms with Crippen molar-refractivity contribution in [2.75, 3.05) is 6.54 Å². The number of rotatable bonds is 7. The second-order valence-electron chi connectivity index (χ2n) is 7.01. The van der Waals surface area contributed by atoms with E-state index in [1.54, 1.807) is 12.1 Å². The highest BCUT2D eigenvalue weighted by molar-refractivity contribution is 7.89. The quantitative estimate of drug-likeness (QED) is 0.814. The Kier molecular flexibility index (Phi) is 5.07. The largest absolute Gasteiger partial charge is 0.310 e. The summed E-state index contributed by atoms with van der Waals surface area (Å²) in [6.45, 7) is 7.51. The van der Waals surface area contributed by atoms with E-state index in [4.69, 9.17) is 0 Å². The van der Waals surface area contributed by atoms with Crippen LogP contribution in [0.4, 0.5) is 0 Å². The predicted molar refractivity (Wildman–Crippen MR) is 85.6 cm³/mol. The summed E-state index contributed by atoms with van der Waals surface area (Å²) in [5.41, 5.74) is 1.14. The first-order valence-electron chi connectivity index (χ1n) is 7.58. The average Bonchev–Trinajstić information content (AvgIpc) is 3.19. The van der Waals surface area contributed by atoms with Crippen LogP contribution in [0.2, 0.25) is 0 Å². The minimum atomic E-state index is -3.41. The van der Waals surface area contributed by atoms with Gasteiger partial charge in [0.25, 0.3) is 0 Å². The Bertz CT molecular complexity index is 572. The van der Waals surface area contributed by atoms with Gasteiger partial charge in [-0.25, -0.2) is 13.1 Å². The van der Waals surface area contributed by atoms with Crippen molar-refractivity contribution in [3.63, 3.8) is 0 Å². The van der Waals surface area contributed by atoms with Gasteiger partial charge in [0.15, 0.2) is 0 Å². The fourth-order valence-electron chi connectivity index (χ4n) is 2.02. The molecule has 0 amide bonds. The third kappa shape index (κ3) is 5.77. The Labute approximate surface area is 128 Å². The molecule has 1 aliphatic rings. The third-order valence-electron chi connectivity index (χ3n) is 3.55. The van der Waals surface area contributed by atoms with Crippen LogP contribution in [0, 0.1) is 5.41 Å². The van der Waals surface area contributed by atoms with E-state index in [0.29, 0.717) is 17.5 Å². The number of sulfonamides is 1. The van der Waals surface area contributed by atoms with E-state index in [9.17, 15) is 8.42 Å². The molecule has 4 nitrogen and oxygen atoms in total. The molecule has 0 atom stereocenters. The topological polar surface area (TPSA) is 58.2 Å². The normalized spacial score (nSPS) is 16.1. The Balaban J connectivity index is 1.96. The summed E-state index contributed by atoms with van der Waals surface area (Å²) < 4.78 is 27.3. The average molecular weight is 310 g/mol. The van der Waals surface area contributed by atoms with Crippen molar-refractivity contribution in [1.82, 2.24) is 10.0 Å². The minimum Gasteiger partial charge on any atom is -0.310 e. The lowest BCUT2D eigenvalue weighted by molar-refractivity contribution is 0.378. The molecule has 0 radical (unpaired) electrons. The van der Waals surface area contributed by atoms with Gasteiger partial charge in [0.2, 0.25) is 10.0 Å². The van der Waals surface area contributed by atoms with Crippen LogP contribution >= 0.6 is 0 Å². The van der Waals surface area contributed by atoms with Gasteiger partial charge in [-0.3, -0.25) is 0 Å². The molecule has 0 aromatic heterocycles. The second-order valence-corrected chi connectivity index (χ2v) is 8.78. The van der Waals surface area contributed by atoms with Gasteiger partial charge in [0.1, 0.15) is 0 Å². The van der Waals surface area contributed by atoms with Crippen molar-refractivity contribution in [3.8, 4) is 0 Å². The molecule has 0 bridgehead atoms. The van der Waals surface area contributed by atoms with Crippen molar-refractivity contribution in [3.05, 3.63) is 29.8 Å². The standard InChI is InChI=1S/C16H26N2O2S/c1-16(2,3)9-10-18-21(19,20)15-6-4-5-13(11-15)12-17-14-7-8-14/h4-6,11,14,17-18H,7-10,12H2,1-3H3. The highest BCUT2D eigenvalue weighted by Crippen LogP contribution is 2.20. The summed E-state index contributed by atoms with van der Waals surface area (Å²) in [5.74, 6) is 0. The highest BCUT2D eigenvalue weighted by Gasteiger charge is 2.20. The van der Waals surface area contributed by atoms with Crippen LogP contribution in [0.3, 0.4) is 0 Å². The molecule has 1 aromatic carbocycles. The Hall–Kier alpha value is -0.910. The molecule has 2 N–H and O–H groups in total. The zero-order chi connectivity index (χ0) is 15.5. The van der Waals surface area contributed by atoms with Gasteiger partial charge in [0.05, 0.1) is 4.90 Å². The van der Waals surface area contributed by atoms with Crippen LogP contribution in [0.5, 0.6) is 0 Å². The van der Waals surface area contributed by atoms with Crippen molar-refractivity contribution >= 4 is 10.0 Å². The lowest BCUT2D eigenvalue weighted by Gasteiger charge is -2.18. The predicted octanol–water partition coefficient (Wildman–Crippen LogP) is 2.65. The van der Waals surface area contributed by atoms with Crippen LogP contribution in [-0.2, 0) is 16.6 Å². The van der Waals surface area contributed by atoms with Crippen LogP contribution in [0.25, 0.3) is 0 Å². The van der Waals surface area contributed by atoms with Gasteiger partial charge >= 0.3 is 0 Å². The van der Waals surface area contributed by atoms with Crippen LogP contribution in [0.15, 0.2) is 29.2 Å². The van der Waals surface area contributed by atoms with Crippen molar-refractivity contribution in [2.24, 2.45) is 5.41 Å². The molecule has 1 fully saturated rings. The summed E-state index contributed by atoms with van der Waals surface area (Å²) in [6, 6.07) is 7.80. The third-order valence-corrected chi connectivity index (χ3v) is 5.01. The van der Waals surface area contributed by atoms with Crippen LogP contribution in [-0.4, -0.2) is 21.0 Å². The van der Waals surface area contributed by atoms with E-state index in [2.05, 4.69) is 30.8 Å². The Morgan fingerprint density at radius 2 is 1.95 bits per heavy atom. The van der Waals surface area contributed by atoms with E-state index >= 15 is 0 Å². The number of nitrogens with one attached hydrogen (secondary N) is 2. The maximum absolute atomic E-state index is 12.3. The van der Waals surface area contributed by atoms with Gasteiger partial charge in [-0.15, -0.1) is 0 Å². The molecule has 0 heterocycles. The van der Waals surface area contributed by atoms with Crippen molar-refractivity contribution < 1.29 is 8.42 Å². The maximum atomic E-state index is 12.3. The monoisotopic (exact) mass is 310 g/mol. The number of hydrogen-bond donors (Lipinski definition) is 2. The molecule has 1 aliphatic carbocycles. The molecule has 5 heteroatoms. The van der Waals surface area contributed by atoms with E-state index in [-0.39, 0.29) is 5.41 Å². The lowest BCUT2D eigenvalue weighted by Crippen LogP contribution is -2.27. The molecule has 0 saturated heterocycles. The van der Waals surface area contributed by atoms with E-state index in [1.165, 1.54) is 12.8 Å². The Morgan fingerprint density at radius 3 is 2.57 bits per heavy atom. The van der Waals surface area contributed by atoms with Crippen LogP contribution < -0.4 is 10.0 Å². The van der Waals surface area contributed by atoms with Crippen LogP contribution in [0.1, 0.15) is 45.6 Å². The summed E-state index contributed by atoms with van der Waals surface area (Å²) >= 11 is 0. The van der Waals surface area contributed by atoms with Crippen molar-refractivity contribution in [1.29, 1.82) is 0 Å². The first-order chi connectivity index (χ1) is 9.76. The first kappa shape index (κ1) is 16.5. The van der Waals surface area contributed by atoms with E-state index < -0.39 is 10.0 Å². The number of benzene rings is 1. The summed E-state index contributed by atoms with van der Waals surface area (Å²) in [7, 11) is -3.41. The summed E-state index contributed by atoms with van der Waals surface area (Å²) in [4.78, 5) is 0.353. The number of hydrogen-bond acceptors (Lipinski definition) is 3. The molecule has 2 rings (SSSR count). The van der Waals surface area contributed by atoms with Gasteiger partial charge in [-0.1, -0.05) is 32.9 Å². The maximum Gasteiger partial charge on any atom is 0.240 e. The SMILES string of the molecule is CC(C)(C)CCNS(=O)(=O)c1cccc(CNC2CC2)c1. The van der Waals surface area contributed by atoms with Gasteiger partial charge in [-0.05, 0) is 42.4 Å². The Morgan fingerprint density at radius 1 is 1.24 bits per heavy atom. The lowest BCUT2D eigenvalue weighted by atomic mass is 9.93. The fraction of sp³-hybridized carbons (Fsp3) is 0.625. The zero-order valence-electron chi connectivity index (χ0n) is 13.1. The molecule has 0 unspecified atom stereocenters. The molecule has 118 valence electrons. The zero-order valence-corrected chi connectivity index (χ0v) is 14.0. The molecule has 21 heavy (non-hydrogen) atoms. The van der Waals surface area contributed by atoms with Gasteiger partial charge in [0, 0.05) is 19.1 Å². The highest BCUT2D eigenvalue weighted by atomic mass is 32.2. The minimum absolute atomic E-state index is 0.124. The molecular weight excluding hydrogens is 284 g/mol. The first-order valence-corrected chi connectivity index (χ1v) is 9.07. The van der Waals surface area contributed by atoms with E-state index in [1.807, 2.05) is 12.1 Å².